The third kappa shape index (κ3) is 4.12. The molecule has 0 saturated carbocycles. The van der Waals surface area contributed by atoms with Gasteiger partial charge in [0.2, 0.25) is 0 Å². The Morgan fingerprint density at radius 1 is 1.22 bits per heavy atom. The lowest BCUT2D eigenvalue weighted by molar-refractivity contribution is -0.0364. The van der Waals surface area contributed by atoms with Crippen LogP contribution in [0.5, 0.6) is 0 Å². The van der Waals surface area contributed by atoms with Gasteiger partial charge < -0.3 is 9.47 Å². The molecule has 0 spiro atoms. The first kappa shape index (κ1) is 14.6. The Bertz CT molecular complexity index is 244. The highest BCUT2D eigenvalue weighted by Crippen LogP contribution is 2.30. The second-order valence-corrected chi connectivity index (χ2v) is 6.48. The Morgan fingerprint density at radius 3 is 2.61 bits per heavy atom. The summed E-state index contributed by atoms with van der Waals surface area (Å²) >= 11 is 4.75. The predicted octanol–water partition coefficient (Wildman–Crippen LogP) is 2.42. The Kier molecular flexibility index (Phi) is 5.80. The van der Waals surface area contributed by atoms with Crippen molar-refractivity contribution in [2.75, 3.05) is 32.9 Å². The van der Waals surface area contributed by atoms with Crippen molar-refractivity contribution in [3.05, 3.63) is 0 Å². The molecule has 2 saturated heterocycles. The van der Waals surface area contributed by atoms with Crippen LogP contribution in [0.3, 0.4) is 0 Å². The van der Waals surface area contributed by atoms with Crippen LogP contribution in [0.4, 0.5) is 0 Å². The van der Waals surface area contributed by atoms with Crippen LogP contribution in [0.15, 0.2) is 0 Å². The monoisotopic (exact) mass is 273 g/mol. The molecule has 0 radical (unpaired) electrons. The fourth-order valence-corrected chi connectivity index (χ4v) is 3.41. The lowest BCUT2D eigenvalue weighted by Crippen LogP contribution is -2.43. The Balaban J connectivity index is 1.77. The van der Waals surface area contributed by atoms with Crippen molar-refractivity contribution < 1.29 is 9.47 Å². The maximum atomic E-state index is 5.91. The number of hydrogen-bond donors (Lipinski definition) is 1. The summed E-state index contributed by atoms with van der Waals surface area (Å²) in [6, 6.07) is 0. The van der Waals surface area contributed by atoms with Gasteiger partial charge in [-0.15, -0.1) is 0 Å². The second-order valence-electron chi connectivity index (χ2n) is 5.89. The normalized spacial score (nSPS) is 32.7. The largest absolute Gasteiger partial charge is 0.379 e. The number of ether oxygens (including phenoxy) is 2. The maximum absolute atomic E-state index is 5.91. The van der Waals surface area contributed by atoms with Gasteiger partial charge in [0.25, 0.3) is 0 Å². The van der Waals surface area contributed by atoms with E-state index in [1.807, 2.05) is 0 Å². The molecule has 2 aliphatic rings. The smallest absolute Gasteiger partial charge is 0.0600 e. The Morgan fingerprint density at radius 2 is 1.94 bits per heavy atom. The fourth-order valence-electron chi connectivity index (χ4n) is 2.94. The van der Waals surface area contributed by atoms with Crippen molar-refractivity contribution in [3.8, 4) is 0 Å². The van der Waals surface area contributed by atoms with Crippen LogP contribution >= 0.6 is 12.6 Å². The van der Waals surface area contributed by atoms with Crippen molar-refractivity contribution in [1.29, 1.82) is 0 Å². The minimum atomic E-state index is 0.324. The minimum absolute atomic E-state index is 0.324. The highest BCUT2D eigenvalue weighted by atomic mass is 32.1. The van der Waals surface area contributed by atoms with E-state index in [1.54, 1.807) is 0 Å². The number of thiol groups is 1. The standard InChI is InChI=1S/C14H27NO2S/c1-11(2)12-3-6-17-13(9-12)10-14(18)15-4-7-16-8-5-15/h11-14,18H,3-10H2,1-2H3. The van der Waals surface area contributed by atoms with Crippen molar-refractivity contribution in [2.24, 2.45) is 11.8 Å². The first-order valence-electron chi connectivity index (χ1n) is 7.28. The molecule has 2 aliphatic heterocycles. The van der Waals surface area contributed by atoms with Gasteiger partial charge in [0.05, 0.1) is 24.7 Å². The number of rotatable bonds is 4. The van der Waals surface area contributed by atoms with E-state index in [0.717, 1.165) is 51.2 Å². The number of morpholine rings is 1. The summed E-state index contributed by atoms with van der Waals surface area (Å²) in [6.45, 7) is 9.29. The summed E-state index contributed by atoms with van der Waals surface area (Å²) in [5, 5.41) is 0.324. The van der Waals surface area contributed by atoms with E-state index in [4.69, 9.17) is 22.1 Å². The number of nitrogens with zero attached hydrogens (tertiary/aromatic N) is 1. The molecule has 3 nitrogen and oxygen atoms in total. The van der Waals surface area contributed by atoms with Crippen LogP contribution in [0, 0.1) is 11.8 Å². The first-order chi connectivity index (χ1) is 8.66. The van der Waals surface area contributed by atoms with Crippen LogP contribution in [-0.2, 0) is 9.47 Å². The van der Waals surface area contributed by atoms with Crippen molar-refractivity contribution in [2.45, 2.75) is 44.6 Å². The van der Waals surface area contributed by atoms with Gasteiger partial charge >= 0.3 is 0 Å². The predicted molar refractivity (Wildman–Crippen MR) is 77.1 cm³/mol. The molecular formula is C14H27NO2S. The summed E-state index contributed by atoms with van der Waals surface area (Å²) in [7, 11) is 0. The van der Waals surface area contributed by atoms with Crippen LogP contribution < -0.4 is 0 Å². The van der Waals surface area contributed by atoms with Gasteiger partial charge in [0.1, 0.15) is 0 Å². The van der Waals surface area contributed by atoms with Crippen LogP contribution in [-0.4, -0.2) is 49.3 Å². The van der Waals surface area contributed by atoms with Gasteiger partial charge in [-0.3, -0.25) is 4.90 Å². The molecule has 4 heteroatoms. The lowest BCUT2D eigenvalue weighted by Gasteiger charge is -2.37. The van der Waals surface area contributed by atoms with E-state index in [-0.39, 0.29) is 0 Å². The Labute approximate surface area is 117 Å². The second kappa shape index (κ2) is 7.13. The average molecular weight is 273 g/mol. The van der Waals surface area contributed by atoms with E-state index in [0.29, 0.717) is 11.5 Å². The molecule has 18 heavy (non-hydrogen) atoms. The molecule has 3 atom stereocenters. The molecule has 106 valence electrons. The molecule has 0 N–H and O–H groups in total. The highest BCUT2D eigenvalue weighted by Gasteiger charge is 2.28. The topological polar surface area (TPSA) is 21.7 Å². The molecule has 2 heterocycles. The van der Waals surface area contributed by atoms with Gasteiger partial charge in [0.15, 0.2) is 0 Å². The average Bonchev–Trinajstić information content (AvgIpc) is 2.40. The molecule has 2 fully saturated rings. The molecular weight excluding hydrogens is 246 g/mol. The molecule has 0 aliphatic carbocycles. The SMILES string of the molecule is CC(C)C1CCOC(CC(S)N2CCOCC2)C1. The summed E-state index contributed by atoms with van der Waals surface area (Å²) in [5.74, 6) is 1.60. The third-order valence-electron chi connectivity index (χ3n) is 4.29. The van der Waals surface area contributed by atoms with Gasteiger partial charge in [-0.1, -0.05) is 13.8 Å². The van der Waals surface area contributed by atoms with Gasteiger partial charge in [-0.05, 0) is 31.1 Å². The molecule has 0 amide bonds. The van der Waals surface area contributed by atoms with Crippen molar-refractivity contribution in [3.63, 3.8) is 0 Å². The first-order valence-corrected chi connectivity index (χ1v) is 7.80. The zero-order valence-corrected chi connectivity index (χ0v) is 12.6. The van der Waals surface area contributed by atoms with Gasteiger partial charge in [0, 0.05) is 19.7 Å². The van der Waals surface area contributed by atoms with Crippen LogP contribution in [0.25, 0.3) is 0 Å². The molecule has 0 aromatic rings. The maximum Gasteiger partial charge on any atom is 0.0600 e. The zero-order chi connectivity index (χ0) is 13.0. The quantitative estimate of drug-likeness (QED) is 0.795. The summed E-state index contributed by atoms with van der Waals surface area (Å²) < 4.78 is 11.3. The summed E-state index contributed by atoms with van der Waals surface area (Å²) in [4.78, 5) is 2.41. The third-order valence-corrected chi connectivity index (χ3v) is 4.83. The summed E-state index contributed by atoms with van der Waals surface area (Å²) in [6.07, 6.45) is 3.88. The van der Waals surface area contributed by atoms with Gasteiger partial charge in [-0.2, -0.15) is 12.6 Å². The summed E-state index contributed by atoms with van der Waals surface area (Å²) in [5.41, 5.74) is 0. The van der Waals surface area contributed by atoms with Crippen molar-refractivity contribution >= 4 is 12.6 Å². The lowest BCUT2D eigenvalue weighted by atomic mass is 9.85. The van der Waals surface area contributed by atoms with E-state index in [1.165, 1.54) is 12.8 Å². The van der Waals surface area contributed by atoms with Crippen molar-refractivity contribution in [1.82, 2.24) is 4.90 Å². The Hall–Kier alpha value is 0.230. The molecule has 0 bridgehead atoms. The van der Waals surface area contributed by atoms with Crippen LogP contribution in [0.2, 0.25) is 0 Å². The van der Waals surface area contributed by atoms with Crippen LogP contribution in [0.1, 0.15) is 33.1 Å². The van der Waals surface area contributed by atoms with E-state index >= 15 is 0 Å². The van der Waals surface area contributed by atoms with E-state index in [9.17, 15) is 0 Å². The van der Waals surface area contributed by atoms with Gasteiger partial charge in [-0.25, -0.2) is 0 Å². The van der Waals surface area contributed by atoms with E-state index in [2.05, 4.69) is 18.7 Å². The fraction of sp³-hybridized carbons (Fsp3) is 1.00. The molecule has 0 aromatic heterocycles. The highest BCUT2D eigenvalue weighted by molar-refractivity contribution is 7.80. The molecule has 3 unspecified atom stereocenters. The molecule has 2 rings (SSSR count). The number of hydrogen-bond acceptors (Lipinski definition) is 4. The van der Waals surface area contributed by atoms with E-state index < -0.39 is 0 Å². The minimum Gasteiger partial charge on any atom is -0.379 e. The molecule has 0 aromatic carbocycles. The zero-order valence-electron chi connectivity index (χ0n) is 11.7.